The third-order valence-corrected chi connectivity index (χ3v) is 2.32. The molecule has 3 N–H and O–H groups in total. The Balaban J connectivity index is 3.41. The fraction of sp³-hybridized carbons (Fsp3) is 0.500. The molecule has 1 rings (SSSR count). The third kappa shape index (κ3) is 2.11. The number of aryl methyl sites for hydroxylation is 1. The lowest BCUT2D eigenvalue weighted by molar-refractivity contribution is -0.138. The number of carboxylic acid groups (broad SMARTS) is 1. The molecule has 88 valence electrons. The first kappa shape index (κ1) is 12.4. The van der Waals surface area contributed by atoms with E-state index in [1.807, 2.05) is 13.8 Å². The van der Waals surface area contributed by atoms with Gasteiger partial charge in [0.25, 0.3) is 5.56 Å². The minimum absolute atomic E-state index is 0.00630. The third-order valence-electron chi connectivity index (χ3n) is 2.32. The smallest absolute Gasteiger partial charge is 0.325 e. The van der Waals surface area contributed by atoms with E-state index in [1.54, 1.807) is 6.92 Å². The Morgan fingerprint density at radius 1 is 1.56 bits per heavy atom. The van der Waals surface area contributed by atoms with Gasteiger partial charge in [0.1, 0.15) is 11.9 Å². The van der Waals surface area contributed by atoms with Crippen LogP contribution in [0.15, 0.2) is 11.0 Å². The van der Waals surface area contributed by atoms with E-state index in [0.717, 1.165) is 0 Å². The van der Waals surface area contributed by atoms with Gasteiger partial charge in [-0.1, -0.05) is 0 Å². The Labute approximate surface area is 92.7 Å². The first-order valence-corrected chi connectivity index (χ1v) is 4.92. The van der Waals surface area contributed by atoms with Crippen molar-refractivity contribution in [1.82, 2.24) is 9.55 Å². The Kier molecular flexibility index (Phi) is 3.44. The van der Waals surface area contributed by atoms with Gasteiger partial charge in [0.2, 0.25) is 0 Å². The molecule has 0 bridgehead atoms. The zero-order valence-electron chi connectivity index (χ0n) is 9.47. The van der Waals surface area contributed by atoms with Crippen LogP contribution in [0.2, 0.25) is 0 Å². The topological polar surface area (TPSA) is 98.2 Å². The maximum Gasteiger partial charge on any atom is 0.325 e. The molecular weight excluding hydrogens is 210 g/mol. The van der Waals surface area contributed by atoms with Gasteiger partial charge in [-0.3, -0.25) is 14.2 Å². The highest BCUT2D eigenvalue weighted by Gasteiger charge is 2.20. The number of carboxylic acids is 1. The molecule has 0 aliphatic rings. The highest BCUT2D eigenvalue weighted by molar-refractivity contribution is 5.74. The summed E-state index contributed by atoms with van der Waals surface area (Å²) >= 11 is 0. The Morgan fingerprint density at radius 2 is 2.12 bits per heavy atom. The molecule has 1 aromatic rings. The highest BCUT2D eigenvalue weighted by Crippen LogP contribution is 2.08. The van der Waals surface area contributed by atoms with E-state index in [1.165, 1.54) is 10.8 Å². The fourth-order valence-corrected chi connectivity index (χ4v) is 1.52. The maximum atomic E-state index is 12.0. The summed E-state index contributed by atoms with van der Waals surface area (Å²) in [6, 6.07) is -1.41. The van der Waals surface area contributed by atoms with Crippen molar-refractivity contribution in [3.63, 3.8) is 0 Å². The predicted octanol–water partition coefficient (Wildman–Crippen LogP) is 0.217. The highest BCUT2D eigenvalue weighted by atomic mass is 16.4. The molecule has 0 radical (unpaired) electrons. The van der Waals surface area contributed by atoms with E-state index < -0.39 is 17.6 Å². The van der Waals surface area contributed by atoms with Crippen LogP contribution in [0.25, 0.3) is 0 Å². The number of aromatic nitrogens is 2. The van der Waals surface area contributed by atoms with Crippen molar-refractivity contribution in [2.24, 2.45) is 5.73 Å². The molecule has 1 heterocycles. The molecule has 6 heteroatoms. The summed E-state index contributed by atoms with van der Waals surface area (Å²) in [5.74, 6) is -0.695. The van der Waals surface area contributed by atoms with E-state index in [2.05, 4.69) is 4.98 Å². The number of carbonyl (C=O) groups is 1. The lowest BCUT2D eigenvalue weighted by Gasteiger charge is -2.15. The fourth-order valence-electron chi connectivity index (χ4n) is 1.52. The van der Waals surface area contributed by atoms with Crippen molar-refractivity contribution in [2.45, 2.75) is 32.9 Å². The van der Waals surface area contributed by atoms with Gasteiger partial charge in [-0.25, -0.2) is 4.98 Å². The Hall–Kier alpha value is -1.69. The minimum atomic E-state index is -1.33. The molecule has 0 amide bonds. The quantitative estimate of drug-likeness (QED) is 0.766. The van der Waals surface area contributed by atoms with Gasteiger partial charge >= 0.3 is 5.97 Å². The normalized spacial score (nSPS) is 12.8. The first-order valence-electron chi connectivity index (χ1n) is 4.92. The minimum Gasteiger partial charge on any atom is -0.480 e. The van der Waals surface area contributed by atoms with Gasteiger partial charge in [0, 0.05) is 12.2 Å². The molecule has 1 aromatic heterocycles. The number of hydrogen-bond acceptors (Lipinski definition) is 4. The molecule has 1 unspecified atom stereocenters. The molecule has 0 aromatic carbocycles. The van der Waals surface area contributed by atoms with Crippen LogP contribution in [0, 0.1) is 6.92 Å². The number of hydrogen-bond donors (Lipinski definition) is 2. The number of aliphatic carboxylic acids is 1. The van der Waals surface area contributed by atoms with Gasteiger partial charge in [-0.05, 0) is 20.8 Å². The second-order valence-electron chi connectivity index (χ2n) is 3.85. The van der Waals surface area contributed by atoms with Crippen molar-refractivity contribution in [3.05, 3.63) is 27.9 Å². The van der Waals surface area contributed by atoms with Crippen LogP contribution in [0.1, 0.15) is 37.3 Å². The number of nitrogens with two attached hydrogens (primary N) is 1. The Bertz CT molecular complexity index is 465. The van der Waals surface area contributed by atoms with Crippen LogP contribution < -0.4 is 11.3 Å². The van der Waals surface area contributed by atoms with Crippen molar-refractivity contribution in [3.8, 4) is 0 Å². The number of nitrogens with zero attached hydrogens (tertiary/aromatic N) is 2. The molecular formula is C10H15N3O3. The molecule has 16 heavy (non-hydrogen) atoms. The van der Waals surface area contributed by atoms with Crippen LogP contribution in [-0.2, 0) is 4.79 Å². The first-order chi connectivity index (χ1) is 7.36. The van der Waals surface area contributed by atoms with E-state index in [4.69, 9.17) is 10.8 Å². The van der Waals surface area contributed by atoms with Crippen molar-refractivity contribution < 1.29 is 9.90 Å². The van der Waals surface area contributed by atoms with Gasteiger partial charge in [-0.15, -0.1) is 0 Å². The van der Waals surface area contributed by atoms with Crippen molar-refractivity contribution in [2.75, 3.05) is 0 Å². The van der Waals surface area contributed by atoms with Crippen LogP contribution in [0.5, 0.6) is 0 Å². The lowest BCUT2D eigenvalue weighted by atomic mass is 10.1. The summed E-state index contributed by atoms with van der Waals surface area (Å²) in [7, 11) is 0. The molecule has 0 spiro atoms. The van der Waals surface area contributed by atoms with Gasteiger partial charge in [-0.2, -0.15) is 0 Å². The molecule has 1 atom stereocenters. The molecule has 0 saturated carbocycles. The second-order valence-corrected chi connectivity index (χ2v) is 3.85. The average Bonchev–Trinajstić information content (AvgIpc) is 2.16. The summed E-state index contributed by atoms with van der Waals surface area (Å²) in [6.07, 6.45) is 1.23. The summed E-state index contributed by atoms with van der Waals surface area (Å²) in [6.45, 7) is 5.34. The van der Waals surface area contributed by atoms with Crippen LogP contribution in [-0.4, -0.2) is 20.6 Å². The van der Waals surface area contributed by atoms with Gasteiger partial charge < -0.3 is 10.8 Å². The summed E-state index contributed by atoms with van der Waals surface area (Å²) < 4.78 is 1.43. The maximum absolute atomic E-state index is 12.0. The molecule has 6 nitrogen and oxygen atoms in total. The monoisotopic (exact) mass is 225 g/mol. The molecule has 0 aliphatic heterocycles. The van der Waals surface area contributed by atoms with Crippen LogP contribution in [0.3, 0.4) is 0 Å². The molecule has 0 saturated heterocycles. The Morgan fingerprint density at radius 3 is 2.56 bits per heavy atom. The summed E-state index contributed by atoms with van der Waals surface area (Å²) in [5, 5.41) is 8.76. The predicted molar refractivity (Wildman–Crippen MR) is 58.2 cm³/mol. The standard InChI is InChI=1S/C10H15N3O3/c1-5(2)13-6(3)12-4-7(9(13)14)8(11)10(15)16/h4-5,8H,11H2,1-3H3,(H,15,16). The van der Waals surface area contributed by atoms with Gasteiger partial charge in [0.05, 0.1) is 5.56 Å². The molecule has 0 fully saturated rings. The second kappa shape index (κ2) is 4.44. The average molecular weight is 225 g/mol. The van der Waals surface area contributed by atoms with E-state index in [0.29, 0.717) is 5.82 Å². The summed E-state index contributed by atoms with van der Waals surface area (Å²) in [4.78, 5) is 26.7. The van der Waals surface area contributed by atoms with E-state index in [-0.39, 0.29) is 11.6 Å². The largest absolute Gasteiger partial charge is 0.480 e. The van der Waals surface area contributed by atoms with Crippen molar-refractivity contribution in [1.29, 1.82) is 0 Å². The zero-order valence-corrected chi connectivity index (χ0v) is 9.47. The summed E-state index contributed by atoms with van der Waals surface area (Å²) in [5.41, 5.74) is 5.02. The van der Waals surface area contributed by atoms with Gasteiger partial charge in [0.15, 0.2) is 0 Å². The van der Waals surface area contributed by atoms with E-state index in [9.17, 15) is 9.59 Å². The van der Waals surface area contributed by atoms with Crippen molar-refractivity contribution >= 4 is 5.97 Å². The van der Waals surface area contributed by atoms with Crippen LogP contribution >= 0.6 is 0 Å². The van der Waals surface area contributed by atoms with Crippen LogP contribution in [0.4, 0.5) is 0 Å². The van der Waals surface area contributed by atoms with E-state index >= 15 is 0 Å². The molecule has 0 aliphatic carbocycles. The zero-order chi connectivity index (χ0) is 12.5. The number of rotatable bonds is 3. The lowest BCUT2D eigenvalue weighted by Crippen LogP contribution is -2.34. The SMILES string of the molecule is Cc1ncc(C(N)C(=O)O)c(=O)n1C(C)C.